The minimum Gasteiger partial charge on any atom is -0.300 e. The van der Waals surface area contributed by atoms with E-state index in [1.165, 1.54) is 0 Å². The molecule has 0 aliphatic rings. The fourth-order valence-corrected chi connectivity index (χ4v) is 1.47. The average molecular weight is 205 g/mol. The molecule has 0 radical (unpaired) electrons. The van der Waals surface area contributed by atoms with Crippen molar-refractivity contribution in [3.63, 3.8) is 0 Å². The second-order valence-corrected chi connectivity index (χ2v) is 3.81. The van der Waals surface area contributed by atoms with Gasteiger partial charge in [0.15, 0.2) is 0 Å². The third kappa shape index (κ3) is 3.07. The van der Waals surface area contributed by atoms with Gasteiger partial charge in [-0.2, -0.15) is 0 Å². The maximum atomic E-state index is 13.3. The fraction of sp³-hybridized carbons (Fsp3) is 0.385. The van der Waals surface area contributed by atoms with Crippen LogP contribution in [0.15, 0.2) is 12.1 Å². The number of hydrogen-bond donors (Lipinski definition) is 1. The van der Waals surface area contributed by atoms with Crippen molar-refractivity contribution in [1.82, 2.24) is 5.32 Å². The smallest absolute Gasteiger partial charge is 0.129 e. The van der Waals surface area contributed by atoms with E-state index >= 15 is 0 Å². The standard InChI is InChI=1S/C13H16FN/c1-5-11(4)15-8-12-6-9(2)13(14)10(3)7-12/h1,6-7,11,15H,8H2,2-4H3. The summed E-state index contributed by atoms with van der Waals surface area (Å²) in [6.45, 7) is 6.14. The highest BCUT2D eigenvalue weighted by molar-refractivity contribution is 5.30. The molecule has 1 aromatic carbocycles. The van der Waals surface area contributed by atoms with Gasteiger partial charge in [-0.05, 0) is 37.5 Å². The molecule has 0 aliphatic heterocycles. The van der Waals surface area contributed by atoms with Gasteiger partial charge in [-0.15, -0.1) is 6.42 Å². The predicted molar refractivity (Wildman–Crippen MR) is 61.0 cm³/mol. The third-order valence-corrected chi connectivity index (χ3v) is 2.36. The van der Waals surface area contributed by atoms with E-state index in [2.05, 4.69) is 11.2 Å². The third-order valence-electron chi connectivity index (χ3n) is 2.36. The van der Waals surface area contributed by atoms with Crippen LogP contribution in [0, 0.1) is 32.0 Å². The van der Waals surface area contributed by atoms with Crippen LogP contribution in [0.2, 0.25) is 0 Å². The van der Waals surface area contributed by atoms with Crippen LogP contribution in [0.25, 0.3) is 0 Å². The molecule has 0 amide bonds. The van der Waals surface area contributed by atoms with Crippen LogP contribution < -0.4 is 5.32 Å². The Kier molecular flexibility index (Phi) is 3.88. The van der Waals surface area contributed by atoms with E-state index in [-0.39, 0.29) is 11.9 Å². The van der Waals surface area contributed by atoms with Gasteiger partial charge < -0.3 is 0 Å². The largest absolute Gasteiger partial charge is 0.300 e. The number of nitrogens with one attached hydrogen (secondary N) is 1. The van der Waals surface area contributed by atoms with Crippen LogP contribution in [0.3, 0.4) is 0 Å². The van der Waals surface area contributed by atoms with Crippen LogP contribution in [0.1, 0.15) is 23.6 Å². The van der Waals surface area contributed by atoms with Gasteiger partial charge in [-0.25, -0.2) is 4.39 Å². The van der Waals surface area contributed by atoms with E-state index in [1.807, 2.05) is 19.1 Å². The molecule has 1 atom stereocenters. The van der Waals surface area contributed by atoms with Crippen LogP contribution in [0.5, 0.6) is 0 Å². The number of halogens is 1. The quantitative estimate of drug-likeness (QED) is 0.748. The Bertz CT molecular complexity index is 367. The van der Waals surface area contributed by atoms with Crippen LogP contribution in [-0.4, -0.2) is 6.04 Å². The van der Waals surface area contributed by atoms with Crippen molar-refractivity contribution in [2.75, 3.05) is 0 Å². The molecule has 0 bridgehead atoms. The summed E-state index contributed by atoms with van der Waals surface area (Å²) in [6.07, 6.45) is 5.25. The van der Waals surface area contributed by atoms with Gasteiger partial charge in [0.1, 0.15) is 5.82 Å². The molecule has 0 saturated heterocycles. The topological polar surface area (TPSA) is 12.0 Å². The van der Waals surface area contributed by atoms with Crippen LogP contribution in [0.4, 0.5) is 4.39 Å². The molecule has 1 nitrogen and oxygen atoms in total. The molecule has 0 aromatic heterocycles. The zero-order chi connectivity index (χ0) is 11.4. The predicted octanol–water partition coefficient (Wildman–Crippen LogP) is 2.55. The van der Waals surface area contributed by atoms with Crippen molar-refractivity contribution in [2.24, 2.45) is 0 Å². The highest BCUT2D eigenvalue weighted by atomic mass is 19.1. The number of aryl methyl sites for hydroxylation is 2. The Morgan fingerprint density at radius 1 is 1.40 bits per heavy atom. The summed E-state index contributed by atoms with van der Waals surface area (Å²) in [7, 11) is 0. The Morgan fingerprint density at radius 2 is 1.93 bits per heavy atom. The molecule has 80 valence electrons. The van der Waals surface area contributed by atoms with Crippen molar-refractivity contribution in [3.8, 4) is 12.3 Å². The molecule has 1 aromatic rings. The molecule has 15 heavy (non-hydrogen) atoms. The highest BCUT2D eigenvalue weighted by Gasteiger charge is 2.04. The van der Waals surface area contributed by atoms with E-state index in [0.29, 0.717) is 17.7 Å². The molecule has 1 N–H and O–H groups in total. The number of rotatable bonds is 3. The SMILES string of the molecule is C#CC(C)NCc1cc(C)c(F)c(C)c1. The summed E-state index contributed by atoms with van der Waals surface area (Å²) in [6, 6.07) is 3.73. The Morgan fingerprint density at radius 3 is 2.40 bits per heavy atom. The number of benzene rings is 1. The Balaban J connectivity index is 2.76. The molecule has 2 heteroatoms. The average Bonchev–Trinajstić information content (AvgIpc) is 2.22. The van der Waals surface area contributed by atoms with Gasteiger partial charge in [0, 0.05) is 6.54 Å². The van der Waals surface area contributed by atoms with Crippen molar-refractivity contribution < 1.29 is 4.39 Å². The lowest BCUT2D eigenvalue weighted by molar-refractivity contribution is 0.604. The van der Waals surface area contributed by atoms with Crippen molar-refractivity contribution in [1.29, 1.82) is 0 Å². The van der Waals surface area contributed by atoms with E-state index < -0.39 is 0 Å². The summed E-state index contributed by atoms with van der Waals surface area (Å²) in [5, 5.41) is 3.16. The zero-order valence-corrected chi connectivity index (χ0v) is 9.39. The Labute approximate surface area is 90.7 Å². The first-order valence-corrected chi connectivity index (χ1v) is 4.99. The summed E-state index contributed by atoms with van der Waals surface area (Å²) in [5.74, 6) is 2.47. The molecule has 0 aliphatic carbocycles. The molecular formula is C13H16FN. The maximum Gasteiger partial charge on any atom is 0.129 e. The molecule has 0 heterocycles. The van der Waals surface area contributed by atoms with Gasteiger partial charge in [-0.1, -0.05) is 18.1 Å². The first kappa shape index (κ1) is 11.7. The summed E-state index contributed by atoms with van der Waals surface area (Å²) >= 11 is 0. The van der Waals surface area contributed by atoms with E-state index in [4.69, 9.17) is 6.42 Å². The van der Waals surface area contributed by atoms with E-state index in [1.54, 1.807) is 13.8 Å². The Hall–Kier alpha value is -1.33. The molecule has 1 unspecified atom stereocenters. The van der Waals surface area contributed by atoms with Gasteiger partial charge in [-0.3, -0.25) is 5.32 Å². The van der Waals surface area contributed by atoms with Crippen molar-refractivity contribution >= 4 is 0 Å². The van der Waals surface area contributed by atoms with Gasteiger partial charge >= 0.3 is 0 Å². The first-order valence-electron chi connectivity index (χ1n) is 4.99. The second kappa shape index (κ2) is 4.95. The monoisotopic (exact) mass is 205 g/mol. The van der Waals surface area contributed by atoms with Gasteiger partial charge in [0.05, 0.1) is 6.04 Å². The highest BCUT2D eigenvalue weighted by Crippen LogP contribution is 2.14. The number of hydrogen-bond acceptors (Lipinski definition) is 1. The maximum absolute atomic E-state index is 13.3. The second-order valence-electron chi connectivity index (χ2n) is 3.81. The minimum absolute atomic E-state index is 0.0377. The molecule has 0 fully saturated rings. The number of terminal acetylenes is 1. The minimum atomic E-state index is -0.122. The normalized spacial score (nSPS) is 12.2. The molecule has 1 rings (SSSR count). The van der Waals surface area contributed by atoms with Crippen molar-refractivity contribution in [3.05, 3.63) is 34.6 Å². The molecule has 0 spiro atoms. The fourth-order valence-electron chi connectivity index (χ4n) is 1.47. The lowest BCUT2D eigenvalue weighted by atomic mass is 10.1. The van der Waals surface area contributed by atoms with Gasteiger partial charge in [0.25, 0.3) is 0 Å². The first-order chi connectivity index (χ1) is 7.04. The van der Waals surface area contributed by atoms with Crippen LogP contribution >= 0.6 is 0 Å². The van der Waals surface area contributed by atoms with Crippen molar-refractivity contribution in [2.45, 2.75) is 33.4 Å². The zero-order valence-electron chi connectivity index (χ0n) is 9.39. The molecule has 0 saturated carbocycles. The van der Waals surface area contributed by atoms with E-state index in [9.17, 15) is 4.39 Å². The summed E-state index contributed by atoms with van der Waals surface area (Å²) in [5.41, 5.74) is 2.42. The summed E-state index contributed by atoms with van der Waals surface area (Å²) < 4.78 is 13.3. The van der Waals surface area contributed by atoms with Crippen LogP contribution in [-0.2, 0) is 6.54 Å². The van der Waals surface area contributed by atoms with E-state index in [0.717, 1.165) is 5.56 Å². The lowest BCUT2D eigenvalue weighted by Gasteiger charge is -2.10. The van der Waals surface area contributed by atoms with Gasteiger partial charge in [0.2, 0.25) is 0 Å². The molecular weight excluding hydrogens is 189 g/mol. The summed E-state index contributed by atoms with van der Waals surface area (Å²) in [4.78, 5) is 0. The lowest BCUT2D eigenvalue weighted by Crippen LogP contribution is -2.23.